The van der Waals surface area contributed by atoms with Gasteiger partial charge in [-0.1, -0.05) is 10.5 Å². The Morgan fingerprint density at radius 2 is 2.23 bits per heavy atom. The Morgan fingerprint density at radius 3 is 3.00 bits per heavy atom. The third kappa shape index (κ3) is 1.30. The van der Waals surface area contributed by atoms with Crippen molar-refractivity contribution in [2.45, 2.75) is 13.3 Å². The van der Waals surface area contributed by atoms with Crippen LogP contribution >= 0.6 is 0 Å². The topological polar surface area (TPSA) is 20.3 Å². The molecule has 1 aromatic carbocycles. The zero-order valence-electron chi connectivity index (χ0n) is 7.38. The second-order valence-electron chi connectivity index (χ2n) is 3.28. The number of rotatable bonds is 0. The Kier molecular flexibility index (Phi) is 1.79. The number of fused-ring (bicyclic) bond motifs is 1. The number of aryl methyl sites for hydroxylation is 1. The number of nitrogens with zero attached hydrogens (tertiary/aromatic N) is 1. The minimum atomic E-state index is 0.0314. The fourth-order valence-electron chi connectivity index (χ4n) is 1.53. The normalized spacial score (nSPS) is 15.8. The molecule has 0 radical (unpaired) electrons. The lowest BCUT2D eigenvalue weighted by molar-refractivity contribution is 0.0973. The number of ketones is 1. The first-order valence-corrected chi connectivity index (χ1v) is 4.25. The summed E-state index contributed by atoms with van der Waals surface area (Å²) in [4.78, 5) is 11.3. The van der Waals surface area contributed by atoms with Crippen LogP contribution < -0.4 is 5.12 Å². The van der Waals surface area contributed by atoms with Crippen LogP contribution in [0.4, 0.5) is 10.2 Å². The fourth-order valence-corrected chi connectivity index (χ4v) is 1.53. The number of benzene rings is 1. The highest BCUT2D eigenvalue weighted by Gasteiger charge is 2.22. The molecule has 0 saturated carbocycles. The molecule has 0 N–H and O–H groups in total. The number of hydrogen-bond acceptors (Lipinski definition) is 2. The summed E-state index contributed by atoms with van der Waals surface area (Å²) in [6.45, 7) is 2.06. The molecular weight excluding hydrogens is 169 g/mol. The van der Waals surface area contributed by atoms with Gasteiger partial charge in [-0.05, 0) is 24.6 Å². The molecule has 2 rings (SSSR count). The van der Waals surface area contributed by atoms with E-state index in [0.717, 1.165) is 5.56 Å². The van der Waals surface area contributed by atoms with Crippen molar-refractivity contribution in [1.29, 1.82) is 0 Å². The summed E-state index contributed by atoms with van der Waals surface area (Å²) in [5.41, 5.74) is 1.88. The molecule has 1 aromatic rings. The molecule has 0 bridgehead atoms. The van der Waals surface area contributed by atoms with Gasteiger partial charge in [-0.2, -0.15) is 0 Å². The highest BCUT2D eigenvalue weighted by atomic mass is 19.2. The maximum atomic E-state index is 13.2. The standard InChI is InChI=1S/C10H10FNO/c1-7-2-3-8-9(6-7)12(11)5-4-10(8)13/h2-3,6H,4-5H2,1H3. The van der Waals surface area contributed by atoms with E-state index in [9.17, 15) is 9.28 Å². The van der Waals surface area contributed by atoms with E-state index in [1.54, 1.807) is 12.1 Å². The number of carbonyl (C=O) groups is 1. The van der Waals surface area contributed by atoms with Crippen LogP contribution in [0.15, 0.2) is 18.2 Å². The van der Waals surface area contributed by atoms with Gasteiger partial charge in [0.25, 0.3) is 0 Å². The summed E-state index contributed by atoms with van der Waals surface area (Å²) in [6.07, 6.45) is 0.270. The number of halogens is 1. The molecule has 0 unspecified atom stereocenters. The summed E-state index contributed by atoms with van der Waals surface area (Å²) in [7, 11) is 0. The average Bonchev–Trinajstić information content (AvgIpc) is 2.12. The molecule has 0 aromatic heterocycles. The lowest BCUT2D eigenvalue weighted by Gasteiger charge is -2.22. The monoisotopic (exact) mass is 179 g/mol. The second-order valence-corrected chi connectivity index (χ2v) is 3.28. The van der Waals surface area contributed by atoms with E-state index in [-0.39, 0.29) is 18.7 Å². The van der Waals surface area contributed by atoms with Crippen LogP contribution in [0.5, 0.6) is 0 Å². The molecule has 0 aliphatic carbocycles. The van der Waals surface area contributed by atoms with Gasteiger partial charge in [0.15, 0.2) is 5.78 Å². The van der Waals surface area contributed by atoms with E-state index >= 15 is 0 Å². The van der Waals surface area contributed by atoms with Crippen molar-refractivity contribution in [3.8, 4) is 0 Å². The van der Waals surface area contributed by atoms with Crippen molar-refractivity contribution < 1.29 is 9.28 Å². The van der Waals surface area contributed by atoms with E-state index in [1.165, 1.54) is 0 Å². The van der Waals surface area contributed by atoms with E-state index in [2.05, 4.69) is 0 Å². The maximum Gasteiger partial charge on any atom is 0.166 e. The van der Waals surface area contributed by atoms with Gasteiger partial charge in [0.2, 0.25) is 0 Å². The molecule has 1 heterocycles. The number of Topliss-reactive ketones (excluding diaryl/α,β-unsaturated/α-hetero) is 1. The van der Waals surface area contributed by atoms with Gasteiger partial charge in [0.1, 0.15) is 0 Å². The summed E-state index contributed by atoms with van der Waals surface area (Å²) in [6, 6.07) is 5.22. The summed E-state index contributed by atoms with van der Waals surface area (Å²) >= 11 is 0. The molecule has 2 nitrogen and oxygen atoms in total. The number of anilines is 1. The third-order valence-corrected chi connectivity index (χ3v) is 2.25. The van der Waals surface area contributed by atoms with E-state index in [0.29, 0.717) is 16.4 Å². The zero-order chi connectivity index (χ0) is 9.42. The van der Waals surface area contributed by atoms with Gasteiger partial charge in [0, 0.05) is 12.0 Å². The molecule has 1 aliphatic heterocycles. The van der Waals surface area contributed by atoms with Gasteiger partial charge in [-0.15, -0.1) is 0 Å². The first-order chi connectivity index (χ1) is 6.18. The van der Waals surface area contributed by atoms with E-state index in [1.807, 2.05) is 13.0 Å². The Bertz CT molecular complexity index is 362. The van der Waals surface area contributed by atoms with E-state index < -0.39 is 0 Å². The summed E-state index contributed by atoms with van der Waals surface area (Å²) in [5, 5.41) is 0.643. The largest absolute Gasteiger partial charge is 0.294 e. The van der Waals surface area contributed by atoms with Crippen molar-refractivity contribution >= 4 is 11.5 Å². The van der Waals surface area contributed by atoms with Crippen LogP contribution in [-0.4, -0.2) is 12.3 Å². The fraction of sp³-hybridized carbons (Fsp3) is 0.300. The molecule has 68 valence electrons. The molecule has 0 saturated heterocycles. The molecule has 0 amide bonds. The highest BCUT2D eigenvalue weighted by Crippen LogP contribution is 2.27. The smallest absolute Gasteiger partial charge is 0.166 e. The lowest BCUT2D eigenvalue weighted by atomic mass is 10.0. The minimum absolute atomic E-state index is 0.0314. The van der Waals surface area contributed by atoms with Crippen molar-refractivity contribution in [2.75, 3.05) is 11.7 Å². The molecular formula is C10H10FNO. The lowest BCUT2D eigenvalue weighted by Crippen LogP contribution is -2.24. The Labute approximate surface area is 75.9 Å². The minimum Gasteiger partial charge on any atom is -0.294 e. The van der Waals surface area contributed by atoms with Crippen LogP contribution in [0, 0.1) is 6.92 Å². The van der Waals surface area contributed by atoms with Gasteiger partial charge >= 0.3 is 0 Å². The molecule has 0 fully saturated rings. The predicted octanol–water partition coefficient (Wildman–Crippen LogP) is 2.27. The van der Waals surface area contributed by atoms with Crippen LogP contribution in [0.3, 0.4) is 0 Å². The maximum absolute atomic E-state index is 13.2. The van der Waals surface area contributed by atoms with Crippen LogP contribution in [0.2, 0.25) is 0 Å². The van der Waals surface area contributed by atoms with Gasteiger partial charge < -0.3 is 0 Å². The second kappa shape index (κ2) is 2.83. The summed E-state index contributed by atoms with van der Waals surface area (Å²) < 4.78 is 13.2. The molecule has 3 heteroatoms. The van der Waals surface area contributed by atoms with Crippen LogP contribution in [-0.2, 0) is 0 Å². The van der Waals surface area contributed by atoms with Gasteiger partial charge in [0.05, 0.1) is 12.2 Å². The molecule has 0 spiro atoms. The third-order valence-electron chi connectivity index (χ3n) is 2.25. The SMILES string of the molecule is Cc1ccc2c(c1)N(F)CCC2=O. The Morgan fingerprint density at radius 1 is 1.46 bits per heavy atom. The molecule has 1 aliphatic rings. The number of carbonyl (C=O) groups excluding carboxylic acids is 1. The van der Waals surface area contributed by atoms with Crippen LogP contribution in [0.1, 0.15) is 22.3 Å². The predicted molar refractivity (Wildman–Crippen MR) is 48.6 cm³/mol. The number of hydrogen-bond donors (Lipinski definition) is 0. The first-order valence-electron chi connectivity index (χ1n) is 4.25. The van der Waals surface area contributed by atoms with E-state index in [4.69, 9.17) is 0 Å². The summed E-state index contributed by atoms with van der Waals surface area (Å²) in [5.74, 6) is 0.0314. The Balaban J connectivity index is 2.57. The quantitative estimate of drug-likeness (QED) is 0.569. The average molecular weight is 179 g/mol. The Hall–Kier alpha value is -1.38. The highest BCUT2D eigenvalue weighted by molar-refractivity contribution is 6.03. The van der Waals surface area contributed by atoms with Gasteiger partial charge in [-0.25, -0.2) is 5.12 Å². The van der Waals surface area contributed by atoms with Gasteiger partial charge in [-0.3, -0.25) is 4.79 Å². The van der Waals surface area contributed by atoms with Crippen molar-refractivity contribution in [3.63, 3.8) is 0 Å². The van der Waals surface area contributed by atoms with Crippen molar-refractivity contribution in [2.24, 2.45) is 0 Å². The first kappa shape index (κ1) is 8.23. The zero-order valence-corrected chi connectivity index (χ0v) is 7.38. The van der Waals surface area contributed by atoms with Crippen molar-refractivity contribution in [3.05, 3.63) is 29.3 Å². The molecule has 13 heavy (non-hydrogen) atoms. The van der Waals surface area contributed by atoms with Crippen LogP contribution in [0.25, 0.3) is 0 Å². The van der Waals surface area contributed by atoms with Crippen molar-refractivity contribution in [1.82, 2.24) is 0 Å². The molecule has 0 atom stereocenters.